The first kappa shape index (κ1) is 97.5. The average molecular weight is 1800 g/mol. The van der Waals surface area contributed by atoms with Gasteiger partial charge in [0.25, 0.3) is 23.6 Å². The molecule has 0 radical (unpaired) electrons. The van der Waals surface area contributed by atoms with Gasteiger partial charge >= 0.3 is 0 Å². The van der Waals surface area contributed by atoms with E-state index in [0.717, 1.165) is 125 Å². The minimum Gasteiger partial charge on any atom is -0.497 e. The van der Waals surface area contributed by atoms with E-state index >= 15 is 0 Å². The number of carbonyl (C=O) groups excluding carboxylic acids is 4. The molecule has 12 aromatic carbocycles. The van der Waals surface area contributed by atoms with Crippen LogP contribution in [0.1, 0.15) is 134 Å². The van der Waals surface area contributed by atoms with E-state index < -0.39 is 0 Å². The molecule has 4 N–H and O–H groups in total. The second-order valence-electron chi connectivity index (χ2n) is 35.7. The molecule has 4 heterocycles. The Kier molecular flexibility index (Phi) is 33.7. The van der Waals surface area contributed by atoms with E-state index in [1.54, 1.807) is 43.5 Å². The standard InChI is InChI=1S/C30H35N3O2.C29H32FN3O.C29H33N3O.C26H26FN3O2/c1-21-22(2)33(16-8-15-32(3)4)29-14-13-24(19-28(21)29)17-23-9-6-10-25(18-23)30(34)31-26-11-7-12-27(20-26)35-5;1-20-21(2)33(15-7-14-32(3)4)28-13-12-23(18-27(20)28)16-22-8-5-9-24(17-22)29(34)31-26-11-6-10-25(30)19-26;1-21-22(2)32(17-9-16-31(3)4)28-15-14-24(20-27(21)28)18-23-10-8-11-25(19-23)29(33)30-26-12-6-5-7-13-26;1-29(2)14-4-15-30-16-13-19-17-24(11-12-25(19)30)32-23-6-3-5-20(18-23)26(31)28-22-9-7-21(27)8-10-22/h6-7,9-14,18-20H,8,15-17H2,1-5H3,(H,31,34);5-6,8-13,17-19H,7,14-16H2,1-4H3,(H,31,34);5-8,10-15,19-20H,9,16-18H2,1-4H3,(H,30,33);3,5-13,16-18H,4,14-15H2,1-2H3,(H,28,31). The van der Waals surface area contributed by atoms with Crippen LogP contribution in [-0.2, 0) is 45.4 Å². The fraction of sp³-hybridized carbons (Fsp3) is 0.263. The molecule has 134 heavy (non-hydrogen) atoms. The minimum absolute atomic E-state index is 0.0835. The van der Waals surface area contributed by atoms with Gasteiger partial charge in [-0.3, -0.25) is 19.2 Å². The number of methoxy groups -OCH3 is 1. The first-order chi connectivity index (χ1) is 64.6. The summed E-state index contributed by atoms with van der Waals surface area (Å²) in [5, 5.41) is 16.5. The van der Waals surface area contributed by atoms with Crippen molar-refractivity contribution >= 4 is 90.0 Å². The van der Waals surface area contributed by atoms with Crippen LogP contribution in [0.3, 0.4) is 0 Å². The summed E-state index contributed by atoms with van der Waals surface area (Å²) in [5.74, 6) is 0.525. The molecule has 4 amide bonds. The molecule has 692 valence electrons. The molecular formula is C114H126F2N12O6. The van der Waals surface area contributed by atoms with E-state index in [9.17, 15) is 28.0 Å². The zero-order valence-electron chi connectivity index (χ0n) is 80.0. The molecule has 0 bridgehead atoms. The topological polar surface area (TPSA) is 168 Å². The minimum atomic E-state index is -0.376. The normalized spacial score (nSPS) is 11.3. The van der Waals surface area contributed by atoms with Gasteiger partial charge in [-0.2, -0.15) is 0 Å². The van der Waals surface area contributed by atoms with E-state index in [4.69, 9.17) is 9.47 Å². The van der Waals surface area contributed by atoms with Crippen molar-refractivity contribution in [1.82, 2.24) is 37.9 Å². The highest BCUT2D eigenvalue weighted by atomic mass is 19.1. The van der Waals surface area contributed by atoms with Gasteiger partial charge in [0.05, 0.1) is 7.11 Å². The number of nitrogens with zero attached hydrogens (tertiary/aromatic N) is 8. The third-order valence-corrected chi connectivity index (χ3v) is 24.5. The Labute approximate surface area is 787 Å². The van der Waals surface area contributed by atoms with Crippen LogP contribution < -0.4 is 30.7 Å². The first-order valence-corrected chi connectivity index (χ1v) is 46.0. The van der Waals surface area contributed by atoms with Crippen LogP contribution in [0, 0.1) is 53.2 Å². The van der Waals surface area contributed by atoms with Crippen molar-refractivity contribution in [3.63, 3.8) is 0 Å². The quantitative estimate of drug-likeness (QED) is 0.0311. The molecule has 18 nitrogen and oxygen atoms in total. The van der Waals surface area contributed by atoms with Crippen molar-refractivity contribution in [2.24, 2.45) is 0 Å². The highest BCUT2D eigenvalue weighted by Gasteiger charge is 2.20. The lowest BCUT2D eigenvalue weighted by Crippen LogP contribution is -2.15. The van der Waals surface area contributed by atoms with Crippen molar-refractivity contribution < 1.29 is 37.4 Å². The highest BCUT2D eigenvalue weighted by molar-refractivity contribution is 6.07. The van der Waals surface area contributed by atoms with Crippen LogP contribution in [0.2, 0.25) is 0 Å². The number of aromatic nitrogens is 4. The summed E-state index contributed by atoms with van der Waals surface area (Å²) in [6.45, 7) is 21.6. The summed E-state index contributed by atoms with van der Waals surface area (Å²) in [4.78, 5) is 59.6. The van der Waals surface area contributed by atoms with Crippen LogP contribution in [0.25, 0.3) is 43.6 Å². The van der Waals surface area contributed by atoms with Gasteiger partial charge in [-0.05, 0) is 401 Å². The molecule has 0 fully saturated rings. The summed E-state index contributed by atoms with van der Waals surface area (Å²) >= 11 is 0. The maximum atomic E-state index is 13.4. The summed E-state index contributed by atoms with van der Waals surface area (Å²) < 4.78 is 47.3. The maximum absolute atomic E-state index is 13.4. The van der Waals surface area contributed by atoms with Gasteiger partial charge in [-0.1, -0.05) is 91.0 Å². The number of fused-ring (bicyclic) bond motifs is 4. The lowest BCUT2D eigenvalue weighted by molar-refractivity contribution is 0.101. The van der Waals surface area contributed by atoms with Gasteiger partial charge in [0.1, 0.15) is 28.9 Å². The number of rotatable bonds is 33. The monoisotopic (exact) mass is 1800 g/mol. The predicted molar refractivity (Wildman–Crippen MR) is 547 cm³/mol. The Morgan fingerprint density at radius 1 is 0.306 bits per heavy atom. The van der Waals surface area contributed by atoms with Crippen molar-refractivity contribution in [2.45, 2.75) is 113 Å². The summed E-state index contributed by atoms with van der Waals surface area (Å²) in [5.41, 5.74) is 25.0. The van der Waals surface area contributed by atoms with Crippen molar-refractivity contribution in [3.8, 4) is 17.2 Å². The largest absolute Gasteiger partial charge is 0.497 e. The number of nitrogens with one attached hydrogen (secondary N) is 4. The summed E-state index contributed by atoms with van der Waals surface area (Å²) in [6.07, 6.45) is 8.88. The zero-order chi connectivity index (χ0) is 95.1. The number of aryl methyl sites for hydroxylation is 7. The zero-order valence-corrected chi connectivity index (χ0v) is 80.0. The number of hydrogen-bond acceptors (Lipinski definition) is 10. The molecule has 0 atom stereocenters. The fourth-order valence-electron chi connectivity index (χ4n) is 17.1. The fourth-order valence-corrected chi connectivity index (χ4v) is 17.1. The third kappa shape index (κ3) is 26.5. The Bertz CT molecular complexity index is 6740. The lowest BCUT2D eigenvalue weighted by atomic mass is 10.0. The Balaban J connectivity index is 0.000000152. The highest BCUT2D eigenvalue weighted by Crippen LogP contribution is 2.34. The van der Waals surface area contributed by atoms with Gasteiger partial charge in [-0.25, -0.2) is 8.78 Å². The number of para-hydroxylation sites is 1. The SMILES string of the molecule is CN(C)CCCn1ccc2cc(Oc3cccc(C(=O)Nc4ccc(F)cc4)c3)ccc21.COc1cccc(NC(=O)c2cccc(Cc3ccc4c(c3)c(C)c(C)n4CCCN(C)C)c2)c1.Cc1c(C)n(CCCN(C)C)c2ccc(Cc3cccc(C(=O)Nc4cccc(F)c4)c3)cc12.Cc1c(C)n(CCCN(C)C)c2ccc(Cc3cccc(C(=O)Nc4ccccc4)c3)cc12. The van der Waals surface area contributed by atoms with Crippen LogP contribution in [0.5, 0.6) is 17.2 Å². The molecule has 16 rings (SSSR count). The Morgan fingerprint density at radius 3 is 1.08 bits per heavy atom. The molecule has 0 aliphatic rings. The van der Waals surface area contributed by atoms with Gasteiger partial charge in [0, 0.05) is 144 Å². The number of halogens is 2. The van der Waals surface area contributed by atoms with Crippen LogP contribution in [-0.4, -0.2) is 151 Å². The number of carbonyl (C=O) groups is 4. The van der Waals surface area contributed by atoms with E-state index in [0.29, 0.717) is 56.6 Å². The van der Waals surface area contributed by atoms with E-state index in [1.807, 2.05) is 127 Å². The van der Waals surface area contributed by atoms with Gasteiger partial charge in [-0.15, -0.1) is 0 Å². The molecule has 0 spiro atoms. The maximum Gasteiger partial charge on any atom is 0.255 e. The number of benzene rings is 12. The van der Waals surface area contributed by atoms with Crippen molar-refractivity contribution in [1.29, 1.82) is 0 Å². The van der Waals surface area contributed by atoms with Gasteiger partial charge < -0.3 is 68.6 Å². The van der Waals surface area contributed by atoms with E-state index in [2.05, 4.69) is 242 Å². The number of ether oxygens (including phenoxy) is 2. The molecular weight excluding hydrogens is 1670 g/mol. The number of anilines is 4. The number of amides is 4. The molecule has 20 heteroatoms. The summed E-state index contributed by atoms with van der Waals surface area (Å²) in [6, 6.07) is 87.3. The molecule has 0 aliphatic heterocycles. The first-order valence-electron chi connectivity index (χ1n) is 46.0. The molecule has 16 aromatic rings. The molecule has 0 aliphatic carbocycles. The lowest BCUT2D eigenvalue weighted by Gasteiger charge is -2.12. The van der Waals surface area contributed by atoms with Crippen LogP contribution in [0.15, 0.2) is 285 Å². The smallest absolute Gasteiger partial charge is 0.255 e. The second-order valence-corrected chi connectivity index (χ2v) is 35.7. The Morgan fingerprint density at radius 2 is 0.657 bits per heavy atom. The Hall–Kier alpha value is -14.0. The van der Waals surface area contributed by atoms with Gasteiger partial charge in [0.2, 0.25) is 0 Å². The van der Waals surface area contributed by atoms with E-state index in [-0.39, 0.29) is 35.3 Å². The molecule has 0 saturated carbocycles. The molecule has 0 unspecified atom stereocenters. The molecule has 4 aromatic heterocycles. The average Bonchev–Trinajstić information content (AvgIpc) is 1.63. The van der Waals surface area contributed by atoms with Crippen LogP contribution >= 0.6 is 0 Å². The number of hydrogen-bond donors (Lipinski definition) is 4. The molecule has 0 saturated heterocycles. The predicted octanol–water partition coefficient (Wildman–Crippen LogP) is 24.1. The second kappa shape index (κ2) is 46.4. The van der Waals surface area contributed by atoms with E-state index in [1.165, 1.54) is 125 Å². The summed E-state index contributed by atoms with van der Waals surface area (Å²) in [7, 11) is 18.5. The van der Waals surface area contributed by atoms with Crippen molar-refractivity contribution in [2.75, 3.05) is 111 Å². The van der Waals surface area contributed by atoms with Crippen LogP contribution in [0.4, 0.5) is 31.5 Å². The third-order valence-electron chi connectivity index (χ3n) is 24.5. The van der Waals surface area contributed by atoms with Crippen molar-refractivity contribution in [3.05, 3.63) is 386 Å². The van der Waals surface area contributed by atoms with Gasteiger partial charge in [0.15, 0.2) is 0 Å².